The van der Waals surface area contributed by atoms with Gasteiger partial charge in [0.05, 0.1) is 0 Å². The molecule has 2 aromatic carbocycles. The van der Waals surface area contributed by atoms with E-state index in [-0.39, 0.29) is 5.91 Å². The molecule has 1 heterocycles. The molecule has 0 aromatic heterocycles. The molecule has 0 bridgehead atoms. The van der Waals surface area contributed by atoms with Gasteiger partial charge >= 0.3 is 0 Å². The largest absolute Gasteiger partial charge is 0.336 e. The molecular formula is C21H26N2O. The molecule has 1 amide bonds. The van der Waals surface area contributed by atoms with E-state index in [1.165, 1.54) is 0 Å². The zero-order chi connectivity index (χ0) is 16.9. The summed E-state index contributed by atoms with van der Waals surface area (Å²) in [7, 11) is 0. The highest BCUT2D eigenvalue weighted by Gasteiger charge is 2.24. The Balaban J connectivity index is 1.75. The van der Waals surface area contributed by atoms with Crippen LogP contribution in [0.2, 0.25) is 0 Å². The predicted octanol–water partition coefficient (Wildman–Crippen LogP) is 3.77. The minimum absolute atomic E-state index is 0.152. The van der Waals surface area contributed by atoms with Gasteiger partial charge in [0.25, 0.3) is 5.91 Å². The van der Waals surface area contributed by atoms with Crippen LogP contribution in [-0.4, -0.2) is 48.4 Å². The van der Waals surface area contributed by atoms with Crippen molar-refractivity contribution in [2.75, 3.05) is 32.7 Å². The van der Waals surface area contributed by atoms with Crippen LogP contribution in [0.4, 0.5) is 0 Å². The third-order valence-corrected chi connectivity index (χ3v) is 4.53. The van der Waals surface area contributed by atoms with Crippen molar-refractivity contribution in [3.63, 3.8) is 0 Å². The van der Waals surface area contributed by atoms with Crippen molar-refractivity contribution >= 4 is 5.91 Å². The summed E-state index contributed by atoms with van der Waals surface area (Å²) < 4.78 is 0. The first-order valence-electron chi connectivity index (χ1n) is 8.81. The molecule has 126 valence electrons. The van der Waals surface area contributed by atoms with Crippen molar-refractivity contribution in [2.45, 2.75) is 13.8 Å². The molecule has 1 fully saturated rings. The Morgan fingerprint density at radius 2 is 1.54 bits per heavy atom. The average molecular weight is 322 g/mol. The Hall–Kier alpha value is -2.13. The lowest BCUT2D eigenvalue weighted by molar-refractivity contribution is 0.0624. The summed E-state index contributed by atoms with van der Waals surface area (Å²) in [6, 6.07) is 18.1. The van der Waals surface area contributed by atoms with Crippen molar-refractivity contribution in [3.05, 3.63) is 60.2 Å². The molecule has 0 saturated carbocycles. The molecule has 0 spiro atoms. The van der Waals surface area contributed by atoms with Crippen LogP contribution in [0.5, 0.6) is 0 Å². The van der Waals surface area contributed by atoms with Gasteiger partial charge in [-0.3, -0.25) is 9.69 Å². The van der Waals surface area contributed by atoms with Gasteiger partial charge in [0.15, 0.2) is 0 Å². The van der Waals surface area contributed by atoms with Gasteiger partial charge in [-0.25, -0.2) is 0 Å². The summed E-state index contributed by atoms with van der Waals surface area (Å²) in [6.07, 6.45) is 0. The van der Waals surface area contributed by atoms with Gasteiger partial charge in [0.2, 0.25) is 0 Å². The maximum atomic E-state index is 13.0. The Morgan fingerprint density at radius 3 is 2.21 bits per heavy atom. The molecule has 24 heavy (non-hydrogen) atoms. The van der Waals surface area contributed by atoms with Crippen LogP contribution in [0.15, 0.2) is 54.6 Å². The number of amides is 1. The van der Waals surface area contributed by atoms with E-state index < -0.39 is 0 Å². The monoisotopic (exact) mass is 322 g/mol. The number of carbonyl (C=O) groups excluding carboxylic acids is 1. The highest BCUT2D eigenvalue weighted by molar-refractivity contribution is 6.00. The Morgan fingerprint density at radius 1 is 0.917 bits per heavy atom. The van der Waals surface area contributed by atoms with E-state index in [1.807, 2.05) is 47.4 Å². The molecule has 1 aliphatic rings. The number of carbonyl (C=O) groups is 1. The molecule has 0 radical (unpaired) electrons. The predicted molar refractivity (Wildman–Crippen MR) is 99.1 cm³/mol. The van der Waals surface area contributed by atoms with E-state index in [1.54, 1.807) is 0 Å². The minimum Gasteiger partial charge on any atom is -0.336 e. The first-order valence-corrected chi connectivity index (χ1v) is 8.81. The van der Waals surface area contributed by atoms with Crippen molar-refractivity contribution in [1.82, 2.24) is 9.80 Å². The van der Waals surface area contributed by atoms with Crippen LogP contribution in [0.25, 0.3) is 11.1 Å². The molecule has 2 aromatic rings. The topological polar surface area (TPSA) is 23.6 Å². The molecular weight excluding hydrogens is 296 g/mol. The lowest BCUT2D eigenvalue weighted by atomic mass is 9.98. The lowest BCUT2D eigenvalue weighted by Crippen LogP contribution is -2.49. The van der Waals surface area contributed by atoms with E-state index in [0.29, 0.717) is 5.92 Å². The third-order valence-electron chi connectivity index (χ3n) is 4.53. The molecule has 1 saturated heterocycles. The second-order valence-corrected chi connectivity index (χ2v) is 6.90. The van der Waals surface area contributed by atoms with Gasteiger partial charge in [0.1, 0.15) is 0 Å². The summed E-state index contributed by atoms with van der Waals surface area (Å²) in [5, 5.41) is 0. The van der Waals surface area contributed by atoms with Crippen LogP contribution >= 0.6 is 0 Å². The van der Waals surface area contributed by atoms with E-state index in [0.717, 1.165) is 49.4 Å². The van der Waals surface area contributed by atoms with Crippen molar-refractivity contribution in [3.8, 4) is 11.1 Å². The quantitative estimate of drug-likeness (QED) is 0.855. The zero-order valence-electron chi connectivity index (χ0n) is 14.6. The highest BCUT2D eigenvalue weighted by atomic mass is 16.2. The maximum absolute atomic E-state index is 13.0. The standard InChI is InChI=1S/C21H26N2O/c1-17(2)16-22-12-14-23(15-13-22)21(24)20-11-7-6-10-19(20)18-8-4-3-5-9-18/h3-11,17H,12-16H2,1-2H3. The second-order valence-electron chi connectivity index (χ2n) is 6.90. The van der Waals surface area contributed by atoms with Gasteiger partial charge in [0, 0.05) is 38.3 Å². The third kappa shape index (κ3) is 3.85. The van der Waals surface area contributed by atoms with Crippen molar-refractivity contribution in [2.24, 2.45) is 5.92 Å². The highest BCUT2D eigenvalue weighted by Crippen LogP contribution is 2.25. The molecule has 3 heteroatoms. The van der Waals surface area contributed by atoms with E-state index in [2.05, 4.69) is 30.9 Å². The average Bonchev–Trinajstić information content (AvgIpc) is 2.62. The van der Waals surface area contributed by atoms with Gasteiger partial charge in [-0.05, 0) is 23.1 Å². The van der Waals surface area contributed by atoms with Crippen molar-refractivity contribution < 1.29 is 4.79 Å². The first kappa shape index (κ1) is 16.7. The minimum atomic E-state index is 0.152. The zero-order valence-corrected chi connectivity index (χ0v) is 14.6. The summed E-state index contributed by atoms with van der Waals surface area (Å²) in [5.41, 5.74) is 2.92. The molecule has 0 atom stereocenters. The van der Waals surface area contributed by atoms with Crippen LogP contribution in [0.1, 0.15) is 24.2 Å². The summed E-state index contributed by atoms with van der Waals surface area (Å²) in [6.45, 7) is 9.17. The Kier molecular flexibility index (Phi) is 5.31. The second kappa shape index (κ2) is 7.63. The summed E-state index contributed by atoms with van der Waals surface area (Å²) in [4.78, 5) is 17.5. The molecule has 0 N–H and O–H groups in total. The number of rotatable bonds is 4. The van der Waals surface area contributed by atoms with Crippen LogP contribution in [0, 0.1) is 5.92 Å². The Labute approximate surface area is 144 Å². The SMILES string of the molecule is CC(C)CN1CCN(C(=O)c2ccccc2-c2ccccc2)CC1. The Bertz CT molecular complexity index is 673. The first-order chi connectivity index (χ1) is 11.6. The number of benzene rings is 2. The smallest absolute Gasteiger partial charge is 0.254 e. The van der Waals surface area contributed by atoms with Gasteiger partial charge in [-0.15, -0.1) is 0 Å². The number of nitrogens with zero attached hydrogens (tertiary/aromatic N) is 2. The van der Waals surface area contributed by atoms with Crippen LogP contribution < -0.4 is 0 Å². The fourth-order valence-corrected chi connectivity index (χ4v) is 3.36. The summed E-state index contributed by atoms with van der Waals surface area (Å²) in [5.74, 6) is 0.824. The van der Waals surface area contributed by atoms with E-state index in [9.17, 15) is 4.79 Å². The normalized spacial score (nSPS) is 15.7. The molecule has 3 nitrogen and oxygen atoms in total. The molecule has 0 unspecified atom stereocenters. The van der Waals surface area contributed by atoms with Gasteiger partial charge < -0.3 is 4.90 Å². The molecule has 3 rings (SSSR count). The fourth-order valence-electron chi connectivity index (χ4n) is 3.36. The van der Waals surface area contributed by atoms with Crippen molar-refractivity contribution in [1.29, 1.82) is 0 Å². The lowest BCUT2D eigenvalue weighted by Gasteiger charge is -2.35. The van der Waals surface area contributed by atoms with E-state index in [4.69, 9.17) is 0 Å². The van der Waals surface area contributed by atoms with Crippen LogP contribution in [-0.2, 0) is 0 Å². The van der Waals surface area contributed by atoms with Gasteiger partial charge in [-0.2, -0.15) is 0 Å². The molecule has 0 aliphatic carbocycles. The number of piperazine rings is 1. The summed E-state index contributed by atoms with van der Waals surface area (Å²) >= 11 is 0. The van der Waals surface area contributed by atoms with E-state index >= 15 is 0 Å². The van der Waals surface area contributed by atoms with Gasteiger partial charge in [-0.1, -0.05) is 62.4 Å². The maximum Gasteiger partial charge on any atom is 0.254 e. The number of hydrogen-bond donors (Lipinski definition) is 0. The molecule has 1 aliphatic heterocycles. The fraction of sp³-hybridized carbons (Fsp3) is 0.381. The van der Waals surface area contributed by atoms with Crippen LogP contribution in [0.3, 0.4) is 0 Å². The number of hydrogen-bond acceptors (Lipinski definition) is 2.